The molecular formula is C31H44N4O2. The maximum Gasteiger partial charge on any atom is 0.245 e. The molecule has 2 aromatic rings. The second kappa shape index (κ2) is 13.1. The molecule has 1 saturated heterocycles. The Kier molecular flexibility index (Phi) is 9.62. The van der Waals surface area contributed by atoms with Crippen LogP contribution in [0.3, 0.4) is 0 Å². The topological polar surface area (TPSA) is 64.7 Å². The molecule has 200 valence electrons. The van der Waals surface area contributed by atoms with Crippen LogP contribution in [0.25, 0.3) is 11.1 Å². The number of anilines is 1. The van der Waals surface area contributed by atoms with Crippen molar-refractivity contribution in [3.8, 4) is 11.1 Å². The van der Waals surface area contributed by atoms with Crippen molar-refractivity contribution in [2.24, 2.45) is 5.92 Å². The SMILES string of the molecule is CCN(C[C@@H]1CCCN1C(=O)[C@@H](NC(=O)[C@H](C)NC)C1CCCCC1)c1ccccc1-c1ccccc1. The van der Waals surface area contributed by atoms with Crippen LogP contribution >= 0.6 is 0 Å². The van der Waals surface area contributed by atoms with Crippen LogP contribution in [0, 0.1) is 5.92 Å². The van der Waals surface area contributed by atoms with Gasteiger partial charge in [0, 0.05) is 36.9 Å². The molecule has 0 bridgehead atoms. The highest BCUT2D eigenvalue weighted by Crippen LogP contribution is 2.33. The average molecular weight is 505 g/mol. The number of nitrogens with zero attached hydrogens (tertiary/aromatic N) is 2. The number of para-hydroxylation sites is 1. The van der Waals surface area contributed by atoms with Crippen LogP contribution in [0.2, 0.25) is 0 Å². The second-order valence-corrected chi connectivity index (χ2v) is 10.6. The Bertz CT molecular complexity index is 1020. The van der Waals surface area contributed by atoms with Gasteiger partial charge in [-0.2, -0.15) is 0 Å². The fraction of sp³-hybridized carbons (Fsp3) is 0.548. The number of amides is 2. The maximum absolute atomic E-state index is 14.1. The van der Waals surface area contributed by atoms with Gasteiger partial charge in [0.25, 0.3) is 0 Å². The molecule has 3 atom stereocenters. The van der Waals surface area contributed by atoms with Crippen LogP contribution in [-0.4, -0.2) is 61.5 Å². The van der Waals surface area contributed by atoms with E-state index in [0.717, 1.165) is 58.2 Å². The Balaban J connectivity index is 1.54. The zero-order valence-electron chi connectivity index (χ0n) is 22.8. The summed E-state index contributed by atoms with van der Waals surface area (Å²) >= 11 is 0. The van der Waals surface area contributed by atoms with Gasteiger partial charge in [0.2, 0.25) is 11.8 Å². The number of likely N-dealkylation sites (N-methyl/N-ethyl adjacent to an activating group) is 2. The molecular weight excluding hydrogens is 460 g/mol. The second-order valence-electron chi connectivity index (χ2n) is 10.6. The lowest BCUT2D eigenvalue weighted by Gasteiger charge is -2.37. The van der Waals surface area contributed by atoms with E-state index < -0.39 is 6.04 Å². The first-order valence-corrected chi connectivity index (χ1v) is 14.2. The van der Waals surface area contributed by atoms with Gasteiger partial charge in [0.15, 0.2) is 0 Å². The van der Waals surface area contributed by atoms with E-state index in [9.17, 15) is 9.59 Å². The summed E-state index contributed by atoms with van der Waals surface area (Å²) in [5.74, 6) is 0.240. The number of carbonyl (C=O) groups excluding carboxylic acids is 2. The highest BCUT2D eigenvalue weighted by Gasteiger charge is 2.39. The lowest BCUT2D eigenvalue weighted by molar-refractivity contribution is -0.139. The molecule has 2 N–H and O–H groups in total. The molecule has 37 heavy (non-hydrogen) atoms. The first-order valence-electron chi connectivity index (χ1n) is 14.2. The van der Waals surface area contributed by atoms with Gasteiger partial charge in [-0.1, -0.05) is 67.8 Å². The Morgan fingerprint density at radius 2 is 1.68 bits per heavy atom. The normalized spacial score (nSPS) is 19.9. The van der Waals surface area contributed by atoms with Crippen LogP contribution in [0.1, 0.15) is 58.8 Å². The third kappa shape index (κ3) is 6.53. The molecule has 1 aliphatic heterocycles. The molecule has 0 unspecified atom stereocenters. The standard InChI is InChI=1S/C31H44N4O2/c1-4-34(28-20-12-11-19-27(28)24-14-7-5-8-15-24)22-26-18-13-21-35(26)31(37)29(25-16-9-6-10-17-25)33-30(36)23(2)32-3/h5,7-8,11-12,14-15,19-20,23,25-26,29,32H,4,6,9-10,13,16-18,21-22H2,1-3H3,(H,33,36)/t23-,26-,29-/m0/s1. The molecule has 6 heteroatoms. The zero-order valence-corrected chi connectivity index (χ0v) is 22.8. The summed E-state index contributed by atoms with van der Waals surface area (Å²) in [5.41, 5.74) is 3.62. The first kappa shape index (κ1) is 27.2. The highest BCUT2D eigenvalue weighted by atomic mass is 16.2. The van der Waals surface area contributed by atoms with Crippen molar-refractivity contribution < 1.29 is 9.59 Å². The van der Waals surface area contributed by atoms with Crippen molar-refractivity contribution in [3.63, 3.8) is 0 Å². The smallest absolute Gasteiger partial charge is 0.245 e. The van der Waals surface area contributed by atoms with Crippen molar-refractivity contribution in [1.82, 2.24) is 15.5 Å². The lowest BCUT2D eigenvalue weighted by atomic mass is 9.83. The van der Waals surface area contributed by atoms with Crippen LogP contribution in [0.5, 0.6) is 0 Å². The summed E-state index contributed by atoms with van der Waals surface area (Å²) in [6, 6.07) is 18.5. The quantitative estimate of drug-likeness (QED) is 0.486. The molecule has 1 saturated carbocycles. The van der Waals surface area contributed by atoms with Gasteiger partial charge in [-0.3, -0.25) is 9.59 Å². The summed E-state index contributed by atoms with van der Waals surface area (Å²) < 4.78 is 0. The Labute approximate surface area is 222 Å². The third-order valence-corrected chi connectivity index (χ3v) is 8.31. The number of nitrogens with one attached hydrogen (secondary N) is 2. The van der Waals surface area contributed by atoms with Gasteiger partial charge in [-0.15, -0.1) is 0 Å². The number of rotatable bonds is 10. The summed E-state index contributed by atoms with van der Waals surface area (Å²) in [5, 5.41) is 6.18. The lowest BCUT2D eigenvalue weighted by Crippen LogP contribution is -2.57. The largest absolute Gasteiger partial charge is 0.369 e. The van der Waals surface area contributed by atoms with Crippen molar-refractivity contribution in [2.75, 3.05) is 31.6 Å². The molecule has 0 radical (unpaired) electrons. The Morgan fingerprint density at radius 3 is 2.38 bits per heavy atom. The highest BCUT2D eigenvalue weighted by molar-refractivity contribution is 5.90. The van der Waals surface area contributed by atoms with Crippen LogP contribution in [0.4, 0.5) is 5.69 Å². The molecule has 1 aliphatic carbocycles. The van der Waals surface area contributed by atoms with Gasteiger partial charge < -0.3 is 20.4 Å². The number of benzene rings is 2. The average Bonchev–Trinajstić information content (AvgIpc) is 3.43. The number of likely N-dealkylation sites (tertiary alicyclic amines) is 1. The summed E-state index contributed by atoms with van der Waals surface area (Å²) in [6.07, 6.45) is 7.51. The molecule has 0 spiro atoms. The number of hydrogen-bond acceptors (Lipinski definition) is 4. The zero-order chi connectivity index (χ0) is 26.2. The molecule has 6 nitrogen and oxygen atoms in total. The van der Waals surface area contributed by atoms with E-state index in [1.165, 1.54) is 23.2 Å². The van der Waals surface area contributed by atoms with Gasteiger partial charge in [-0.25, -0.2) is 0 Å². The first-order chi connectivity index (χ1) is 18.0. The summed E-state index contributed by atoms with van der Waals surface area (Å²) in [4.78, 5) is 31.4. The minimum atomic E-state index is -0.434. The Morgan fingerprint density at radius 1 is 0.973 bits per heavy atom. The van der Waals surface area contributed by atoms with Crippen LogP contribution in [0.15, 0.2) is 54.6 Å². The maximum atomic E-state index is 14.1. The third-order valence-electron chi connectivity index (χ3n) is 8.31. The summed E-state index contributed by atoms with van der Waals surface area (Å²) in [7, 11) is 1.78. The van der Waals surface area contributed by atoms with Gasteiger partial charge in [0.1, 0.15) is 6.04 Å². The van der Waals surface area contributed by atoms with Crippen molar-refractivity contribution in [1.29, 1.82) is 0 Å². The predicted molar refractivity (Wildman–Crippen MR) is 152 cm³/mol. The van der Waals surface area contributed by atoms with Crippen molar-refractivity contribution in [3.05, 3.63) is 54.6 Å². The van der Waals surface area contributed by atoms with Gasteiger partial charge in [-0.05, 0) is 64.1 Å². The van der Waals surface area contributed by atoms with E-state index in [2.05, 4.69) is 75.9 Å². The van der Waals surface area contributed by atoms with Crippen molar-refractivity contribution in [2.45, 2.75) is 76.9 Å². The molecule has 4 rings (SSSR count). The van der Waals surface area contributed by atoms with E-state index in [1.807, 2.05) is 13.0 Å². The van der Waals surface area contributed by atoms with E-state index in [-0.39, 0.29) is 29.8 Å². The van der Waals surface area contributed by atoms with Crippen LogP contribution < -0.4 is 15.5 Å². The minimum absolute atomic E-state index is 0.0888. The number of carbonyl (C=O) groups is 2. The van der Waals surface area contributed by atoms with Gasteiger partial charge >= 0.3 is 0 Å². The molecule has 0 aromatic heterocycles. The van der Waals surface area contributed by atoms with E-state index >= 15 is 0 Å². The molecule has 1 heterocycles. The van der Waals surface area contributed by atoms with Crippen molar-refractivity contribution >= 4 is 17.5 Å². The molecule has 2 aliphatic rings. The molecule has 2 fully saturated rings. The van der Waals surface area contributed by atoms with Crippen LogP contribution in [-0.2, 0) is 9.59 Å². The van der Waals surface area contributed by atoms with E-state index in [1.54, 1.807) is 7.05 Å². The fourth-order valence-corrected chi connectivity index (χ4v) is 6.02. The van der Waals surface area contributed by atoms with E-state index in [0.29, 0.717) is 0 Å². The predicted octanol–water partition coefficient (Wildman–Crippen LogP) is 4.84. The number of hydrogen-bond donors (Lipinski definition) is 2. The van der Waals surface area contributed by atoms with Gasteiger partial charge in [0.05, 0.1) is 6.04 Å². The minimum Gasteiger partial charge on any atom is -0.369 e. The Hall–Kier alpha value is -2.86. The molecule has 2 aromatic carbocycles. The fourth-order valence-electron chi connectivity index (χ4n) is 6.02. The monoisotopic (exact) mass is 504 g/mol. The molecule has 2 amide bonds. The van der Waals surface area contributed by atoms with E-state index in [4.69, 9.17) is 0 Å². The summed E-state index contributed by atoms with van der Waals surface area (Å²) in [6.45, 7) is 6.46.